The first-order valence-corrected chi connectivity index (χ1v) is 9.80. The Kier molecular flexibility index (Phi) is 3.89. The van der Waals surface area contributed by atoms with Crippen LogP contribution in [0.25, 0.3) is 5.69 Å². The minimum atomic E-state index is -2.09. The lowest BCUT2D eigenvalue weighted by atomic mass is 9.89. The molecule has 1 fully saturated rings. The predicted molar refractivity (Wildman–Crippen MR) is 108 cm³/mol. The number of hydrogen-bond donors (Lipinski definition) is 0. The van der Waals surface area contributed by atoms with Crippen LogP contribution in [-0.2, 0) is 24.6 Å². The molecule has 1 atom stereocenters. The van der Waals surface area contributed by atoms with Crippen LogP contribution in [0.3, 0.4) is 0 Å². The van der Waals surface area contributed by atoms with Gasteiger partial charge in [0.1, 0.15) is 0 Å². The van der Waals surface area contributed by atoms with E-state index >= 15 is 0 Å². The molecule has 9 heteroatoms. The highest BCUT2D eigenvalue weighted by atomic mass is 16.7. The Morgan fingerprint density at radius 1 is 0.806 bits per heavy atom. The number of carbonyl (C=O) groups is 2. The molecule has 0 radical (unpaired) electrons. The second-order valence-corrected chi connectivity index (χ2v) is 8.06. The van der Waals surface area contributed by atoms with Gasteiger partial charge in [0, 0.05) is 20.3 Å². The predicted octanol–water partition coefficient (Wildman–Crippen LogP) is 1.33. The molecule has 1 spiro atoms. The van der Waals surface area contributed by atoms with E-state index in [0.29, 0.717) is 11.3 Å². The highest BCUT2D eigenvalue weighted by Gasteiger charge is 2.65. The van der Waals surface area contributed by atoms with Gasteiger partial charge in [-0.15, -0.1) is 0 Å². The number of para-hydroxylation sites is 1. The average molecular weight is 421 g/mol. The van der Waals surface area contributed by atoms with Gasteiger partial charge in [-0.3, -0.25) is 0 Å². The van der Waals surface area contributed by atoms with Gasteiger partial charge in [0.05, 0.1) is 11.7 Å². The fourth-order valence-corrected chi connectivity index (χ4v) is 4.32. The maximum atomic E-state index is 13.5. The van der Waals surface area contributed by atoms with Crippen LogP contribution in [0.2, 0.25) is 0 Å². The van der Waals surface area contributed by atoms with E-state index in [9.17, 15) is 19.2 Å². The normalized spacial score (nSPS) is 20.9. The van der Waals surface area contributed by atoms with Crippen molar-refractivity contribution >= 4 is 11.9 Å². The summed E-state index contributed by atoms with van der Waals surface area (Å²) in [6.07, 6.45) is -0.162. The lowest BCUT2D eigenvalue weighted by Crippen LogP contribution is -2.60. The molecule has 2 aliphatic rings. The topological polar surface area (TPSA) is 102 Å². The standard InChI is InChI=1S/C22H19N3O6/c1-21(2)30-17(26)22(18(27)31-21)13-16(14-9-5-3-6-10-14)24-19(28)23(20(29)25(22)24)15-11-7-4-8-12-15/h3-12,16H,13H2,1-2H3. The molecule has 2 aliphatic heterocycles. The minimum Gasteiger partial charge on any atom is -0.421 e. The van der Waals surface area contributed by atoms with Gasteiger partial charge in [0.2, 0.25) is 0 Å². The number of esters is 2. The van der Waals surface area contributed by atoms with Gasteiger partial charge in [-0.05, 0) is 17.7 Å². The molecular formula is C22H19N3O6. The van der Waals surface area contributed by atoms with Gasteiger partial charge in [-0.2, -0.15) is 0 Å². The largest absolute Gasteiger partial charge is 0.421 e. The molecule has 0 amide bonds. The third-order valence-electron chi connectivity index (χ3n) is 5.67. The number of ether oxygens (including phenoxy) is 2. The van der Waals surface area contributed by atoms with E-state index in [-0.39, 0.29) is 6.42 Å². The summed E-state index contributed by atoms with van der Waals surface area (Å²) in [6, 6.07) is 16.5. The van der Waals surface area contributed by atoms with Crippen molar-refractivity contribution in [2.45, 2.75) is 37.6 Å². The number of aromatic nitrogens is 3. The Labute approximate surface area is 176 Å². The van der Waals surface area contributed by atoms with Crippen LogP contribution in [0.15, 0.2) is 70.3 Å². The van der Waals surface area contributed by atoms with Gasteiger partial charge >= 0.3 is 23.3 Å². The first-order valence-electron chi connectivity index (χ1n) is 9.80. The number of rotatable bonds is 2. The number of cyclic esters (lactones) is 2. The van der Waals surface area contributed by atoms with E-state index in [4.69, 9.17) is 9.47 Å². The minimum absolute atomic E-state index is 0.162. The van der Waals surface area contributed by atoms with Crippen LogP contribution >= 0.6 is 0 Å². The summed E-state index contributed by atoms with van der Waals surface area (Å²) in [4.78, 5) is 53.3. The van der Waals surface area contributed by atoms with E-state index in [1.165, 1.54) is 13.8 Å². The molecular weight excluding hydrogens is 402 g/mol. The molecule has 0 N–H and O–H groups in total. The maximum Gasteiger partial charge on any atom is 0.353 e. The van der Waals surface area contributed by atoms with Crippen molar-refractivity contribution < 1.29 is 19.1 Å². The number of benzene rings is 2. The summed E-state index contributed by atoms with van der Waals surface area (Å²) >= 11 is 0. The zero-order valence-electron chi connectivity index (χ0n) is 16.8. The summed E-state index contributed by atoms with van der Waals surface area (Å²) in [6.45, 7) is 2.87. The highest BCUT2D eigenvalue weighted by molar-refractivity contribution is 6.04. The highest BCUT2D eigenvalue weighted by Crippen LogP contribution is 2.43. The second-order valence-electron chi connectivity index (χ2n) is 8.06. The van der Waals surface area contributed by atoms with E-state index in [0.717, 1.165) is 13.9 Å². The number of carbonyl (C=O) groups excluding carboxylic acids is 2. The molecule has 5 rings (SSSR count). The lowest BCUT2D eigenvalue weighted by molar-refractivity contribution is -0.248. The number of nitrogens with zero attached hydrogens (tertiary/aromatic N) is 3. The van der Waals surface area contributed by atoms with E-state index in [2.05, 4.69) is 0 Å². The average Bonchev–Trinajstić information content (AvgIpc) is 3.22. The molecule has 1 unspecified atom stereocenters. The van der Waals surface area contributed by atoms with Crippen LogP contribution in [0.1, 0.15) is 31.9 Å². The summed E-state index contributed by atoms with van der Waals surface area (Å²) < 4.78 is 13.7. The smallest absolute Gasteiger partial charge is 0.353 e. The van der Waals surface area contributed by atoms with Gasteiger partial charge in [0.15, 0.2) is 0 Å². The van der Waals surface area contributed by atoms with Gasteiger partial charge in [-0.25, -0.2) is 33.1 Å². The fraction of sp³-hybridized carbons (Fsp3) is 0.273. The Balaban J connectivity index is 1.82. The van der Waals surface area contributed by atoms with Crippen molar-refractivity contribution in [2.75, 3.05) is 0 Å². The lowest BCUT2D eigenvalue weighted by Gasteiger charge is -2.37. The molecule has 1 aromatic heterocycles. The molecule has 0 bridgehead atoms. The first-order chi connectivity index (χ1) is 14.8. The van der Waals surface area contributed by atoms with Crippen LogP contribution in [0.5, 0.6) is 0 Å². The molecule has 158 valence electrons. The summed E-state index contributed by atoms with van der Waals surface area (Å²) in [5, 5.41) is 0. The van der Waals surface area contributed by atoms with Crippen molar-refractivity contribution in [1.82, 2.24) is 13.9 Å². The van der Waals surface area contributed by atoms with Crippen molar-refractivity contribution in [1.29, 1.82) is 0 Å². The van der Waals surface area contributed by atoms with Gasteiger partial charge < -0.3 is 9.47 Å². The quantitative estimate of drug-likeness (QED) is 0.457. The molecule has 31 heavy (non-hydrogen) atoms. The third kappa shape index (κ3) is 2.56. The van der Waals surface area contributed by atoms with Crippen molar-refractivity contribution in [2.24, 2.45) is 0 Å². The molecule has 2 aromatic carbocycles. The van der Waals surface area contributed by atoms with Crippen LogP contribution in [0.4, 0.5) is 0 Å². The Morgan fingerprint density at radius 3 is 1.94 bits per heavy atom. The number of fused-ring (bicyclic) bond motifs is 2. The summed E-state index contributed by atoms with van der Waals surface area (Å²) in [5.41, 5.74) is -2.57. The van der Waals surface area contributed by atoms with Crippen molar-refractivity contribution in [3.63, 3.8) is 0 Å². The molecule has 3 heterocycles. The number of hydrogen-bond acceptors (Lipinski definition) is 6. The second kappa shape index (κ2) is 6.31. The maximum absolute atomic E-state index is 13.5. The fourth-order valence-electron chi connectivity index (χ4n) is 4.32. The van der Waals surface area contributed by atoms with Crippen molar-refractivity contribution in [3.8, 4) is 5.69 Å². The van der Waals surface area contributed by atoms with Crippen molar-refractivity contribution in [3.05, 3.63) is 87.2 Å². The first kappa shape index (κ1) is 19.1. The van der Waals surface area contributed by atoms with Gasteiger partial charge in [0.25, 0.3) is 11.3 Å². The van der Waals surface area contributed by atoms with Crippen LogP contribution in [0, 0.1) is 0 Å². The summed E-state index contributed by atoms with van der Waals surface area (Å²) in [7, 11) is 0. The monoisotopic (exact) mass is 421 g/mol. The summed E-state index contributed by atoms with van der Waals surface area (Å²) in [5.74, 6) is -3.32. The van der Waals surface area contributed by atoms with E-state index in [1.54, 1.807) is 54.6 Å². The molecule has 0 aliphatic carbocycles. The van der Waals surface area contributed by atoms with Gasteiger partial charge in [-0.1, -0.05) is 48.5 Å². The van der Waals surface area contributed by atoms with Crippen LogP contribution in [-0.4, -0.2) is 31.7 Å². The molecule has 3 aromatic rings. The van der Waals surface area contributed by atoms with Crippen LogP contribution < -0.4 is 11.4 Å². The zero-order valence-corrected chi connectivity index (χ0v) is 16.8. The van der Waals surface area contributed by atoms with E-state index < -0.39 is 40.7 Å². The Hall–Kier alpha value is -3.88. The Morgan fingerprint density at radius 2 is 1.35 bits per heavy atom. The molecule has 0 saturated carbocycles. The van der Waals surface area contributed by atoms with E-state index in [1.807, 2.05) is 6.07 Å². The SMILES string of the molecule is CC1(C)OC(=O)C2(CC(c3ccccc3)n3c(=O)n(-c4ccccc4)c(=O)n32)C(=O)O1. The zero-order chi connectivity index (χ0) is 22.0. The Bertz CT molecular complexity index is 1300. The molecule has 9 nitrogen and oxygen atoms in total. The third-order valence-corrected chi connectivity index (χ3v) is 5.67. The molecule has 1 saturated heterocycles.